The fraction of sp³-hybridized carbons (Fsp3) is 0.333. The molecule has 0 spiro atoms. The lowest BCUT2D eigenvalue weighted by molar-refractivity contribution is 0.240. The van der Waals surface area contributed by atoms with Crippen molar-refractivity contribution < 1.29 is 4.42 Å². The Morgan fingerprint density at radius 3 is 2.95 bits per heavy atom. The fourth-order valence-corrected chi connectivity index (χ4v) is 2.90. The molecule has 1 saturated carbocycles. The zero-order chi connectivity index (χ0) is 13.6. The normalized spacial score (nSPS) is 17.2. The third-order valence-electron chi connectivity index (χ3n) is 4.42. The number of H-pyrrole nitrogens is 1. The molecule has 2 heterocycles. The number of rotatable bonds is 3. The summed E-state index contributed by atoms with van der Waals surface area (Å²) in [5, 5.41) is 0. The van der Waals surface area contributed by atoms with E-state index in [1.165, 1.54) is 12.8 Å². The summed E-state index contributed by atoms with van der Waals surface area (Å²) in [7, 11) is 0. The number of nitrogens with zero attached hydrogens (tertiary/aromatic N) is 2. The Balaban J connectivity index is 1.73. The van der Waals surface area contributed by atoms with Crippen LogP contribution < -0.4 is 5.73 Å². The molecule has 0 amide bonds. The van der Waals surface area contributed by atoms with Crippen molar-refractivity contribution in [3.05, 3.63) is 36.6 Å². The third-order valence-corrected chi connectivity index (χ3v) is 4.42. The second kappa shape index (κ2) is 4.18. The van der Waals surface area contributed by atoms with Gasteiger partial charge in [-0.05, 0) is 25.0 Å². The maximum atomic E-state index is 5.93. The van der Waals surface area contributed by atoms with E-state index in [0.717, 1.165) is 41.0 Å². The summed E-state index contributed by atoms with van der Waals surface area (Å²) >= 11 is 0. The predicted octanol–water partition coefficient (Wildman–Crippen LogP) is 2.60. The summed E-state index contributed by atoms with van der Waals surface area (Å²) in [5.41, 5.74) is 9.70. The predicted molar refractivity (Wildman–Crippen MR) is 76.2 cm³/mol. The highest BCUT2D eigenvalue weighted by Crippen LogP contribution is 2.41. The van der Waals surface area contributed by atoms with Crippen LogP contribution in [0.1, 0.15) is 25.1 Å². The number of nitrogens with one attached hydrogen (secondary N) is 1. The van der Waals surface area contributed by atoms with Gasteiger partial charge < -0.3 is 15.1 Å². The van der Waals surface area contributed by atoms with Crippen LogP contribution in [0.15, 0.2) is 35.2 Å². The molecule has 3 N–H and O–H groups in total. The van der Waals surface area contributed by atoms with E-state index in [1.807, 2.05) is 24.4 Å². The highest BCUT2D eigenvalue weighted by Gasteiger charge is 2.39. The van der Waals surface area contributed by atoms with Crippen LogP contribution in [0, 0.1) is 0 Å². The zero-order valence-corrected chi connectivity index (χ0v) is 11.1. The molecule has 1 aromatic carbocycles. The molecule has 1 fully saturated rings. The molecular weight excluding hydrogens is 252 g/mol. The van der Waals surface area contributed by atoms with Crippen molar-refractivity contribution in [2.24, 2.45) is 5.73 Å². The Hall–Kier alpha value is -2.14. The van der Waals surface area contributed by atoms with Crippen molar-refractivity contribution in [3.8, 4) is 11.3 Å². The summed E-state index contributed by atoms with van der Waals surface area (Å²) in [6.07, 6.45) is 6.82. The van der Waals surface area contributed by atoms with Gasteiger partial charge in [0.05, 0.1) is 11.9 Å². The monoisotopic (exact) mass is 268 g/mol. The number of oxazole rings is 1. The number of aromatic amines is 1. The van der Waals surface area contributed by atoms with E-state index in [-0.39, 0.29) is 5.41 Å². The minimum Gasteiger partial charge on any atom is -0.443 e. The summed E-state index contributed by atoms with van der Waals surface area (Å²) in [5.74, 6) is 1.01. The first kappa shape index (κ1) is 11.7. The molecule has 2 aromatic heterocycles. The molecule has 102 valence electrons. The van der Waals surface area contributed by atoms with E-state index >= 15 is 0 Å². The second-order valence-corrected chi connectivity index (χ2v) is 5.52. The number of aromatic nitrogens is 3. The van der Waals surface area contributed by atoms with Crippen molar-refractivity contribution in [2.45, 2.75) is 24.7 Å². The van der Waals surface area contributed by atoms with Crippen molar-refractivity contribution in [1.82, 2.24) is 15.0 Å². The molecule has 0 bridgehead atoms. The lowest BCUT2D eigenvalue weighted by Crippen LogP contribution is -2.42. The van der Waals surface area contributed by atoms with E-state index in [2.05, 4.69) is 15.0 Å². The second-order valence-electron chi connectivity index (χ2n) is 5.52. The highest BCUT2D eigenvalue weighted by molar-refractivity contribution is 5.78. The first-order chi connectivity index (χ1) is 9.81. The molecule has 20 heavy (non-hydrogen) atoms. The van der Waals surface area contributed by atoms with Crippen LogP contribution in [0.25, 0.3) is 22.4 Å². The molecule has 5 heteroatoms. The van der Waals surface area contributed by atoms with E-state index < -0.39 is 0 Å². The largest absolute Gasteiger partial charge is 0.443 e. The van der Waals surface area contributed by atoms with Gasteiger partial charge in [0.1, 0.15) is 11.3 Å². The third kappa shape index (κ3) is 1.59. The topological polar surface area (TPSA) is 80.7 Å². The lowest BCUT2D eigenvalue weighted by Gasteiger charge is -2.39. The minimum absolute atomic E-state index is 0.0641. The molecule has 0 unspecified atom stereocenters. The van der Waals surface area contributed by atoms with Crippen LogP contribution in [-0.4, -0.2) is 21.5 Å². The number of imidazole rings is 1. The Labute approximate surface area is 116 Å². The SMILES string of the molecule is NCC1(c2ncc(-c3ccc4ncoc4c3)[nH]2)CCC1. The summed E-state index contributed by atoms with van der Waals surface area (Å²) in [4.78, 5) is 12.1. The maximum absolute atomic E-state index is 5.93. The number of hydrogen-bond donors (Lipinski definition) is 2. The molecule has 0 saturated heterocycles. The van der Waals surface area contributed by atoms with Gasteiger partial charge >= 0.3 is 0 Å². The number of benzene rings is 1. The quantitative estimate of drug-likeness (QED) is 0.765. The van der Waals surface area contributed by atoms with Crippen LogP contribution in [0.2, 0.25) is 0 Å². The Kier molecular flexibility index (Phi) is 2.44. The molecule has 0 atom stereocenters. The average Bonchev–Trinajstić information content (AvgIpc) is 3.06. The molecule has 3 aromatic rings. The molecule has 4 rings (SSSR count). The Bertz CT molecular complexity index is 748. The summed E-state index contributed by atoms with van der Waals surface area (Å²) < 4.78 is 5.34. The van der Waals surface area contributed by atoms with Gasteiger partial charge in [-0.2, -0.15) is 0 Å². The van der Waals surface area contributed by atoms with Gasteiger partial charge in [-0.15, -0.1) is 0 Å². The van der Waals surface area contributed by atoms with Crippen molar-refractivity contribution in [3.63, 3.8) is 0 Å². The molecule has 1 aliphatic carbocycles. The van der Waals surface area contributed by atoms with Crippen LogP contribution in [-0.2, 0) is 5.41 Å². The van der Waals surface area contributed by atoms with Crippen LogP contribution >= 0.6 is 0 Å². The maximum Gasteiger partial charge on any atom is 0.181 e. The standard InChI is InChI=1S/C15H16N4O/c16-8-15(4-1-5-15)14-17-7-12(19-14)10-2-3-11-13(6-10)20-9-18-11/h2-3,6-7,9H,1,4-5,8,16H2,(H,17,19). The van der Waals surface area contributed by atoms with E-state index in [9.17, 15) is 0 Å². The average molecular weight is 268 g/mol. The van der Waals surface area contributed by atoms with E-state index in [1.54, 1.807) is 0 Å². The number of hydrogen-bond acceptors (Lipinski definition) is 4. The van der Waals surface area contributed by atoms with Crippen molar-refractivity contribution >= 4 is 11.1 Å². The summed E-state index contributed by atoms with van der Waals surface area (Å²) in [6.45, 7) is 0.654. The lowest BCUT2D eigenvalue weighted by atomic mass is 9.68. The van der Waals surface area contributed by atoms with Crippen LogP contribution in [0.4, 0.5) is 0 Å². The molecule has 5 nitrogen and oxygen atoms in total. The molecule has 1 aliphatic rings. The minimum atomic E-state index is 0.0641. The Morgan fingerprint density at radius 2 is 2.20 bits per heavy atom. The smallest absolute Gasteiger partial charge is 0.181 e. The van der Waals surface area contributed by atoms with Gasteiger partial charge in [-0.3, -0.25) is 0 Å². The van der Waals surface area contributed by atoms with E-state index in [0.29, 0.717) is 6.54 Å². The zero-order valence-electron chi connectivity index (χ0n) is 11.1. The van der Waals surface area contributed by atoms with Gasteiger partial charge in [-0.1, -0.05) is 12.5 Å². The van der Waals surface area contributed by atoms with Crippen LogP contribution in [0.3, 0.4) is 0 Å². The van der Waals surface area contributed by atoms with Crippen LogP contribution in [0.5, 0.6) is 0 Å². The molecular formula is C15H16N4O. The first-order valence-corrected chi connectivity index (χ1v) is 6.90. The van der Waals surface area contributed by atoms with E-state index in [4.69, 9.17) is 10.2 Å². The van der Waals surface area contributed by atoms with Gasteiger partial charge in [0.25, 0.3) is 0 Å². The van der Waals surface area contributed by atoms with Gasteiger partial charge in [0.2, 0.25) is 0 Å². The summed E-state index contributed by atoms with van der Waals surface area (Å²) in [6, 6.07) is 5.96. The van der Waals surface area contributed by atoms with Gasteiger partial charge in [-0.25, -0.2) is 9.97 Å². The Morgan fingerprint density at radius 1 is 1.30 bits per heavy atom. The molecule has 0 radical (unpaired) electrons. The molecule has 0 aliphatic heterocycles. The highest BCUT2D eigenvalue weighted by atomic mass is 16.3. The van der Waals surface area contributed by atoms with Crippen molar-refractivity contribution in [1.29, 1.82) is 0 Å². The number of fused-ring (bicyclic) bond motifs is 1. The van der Waals surface area contributed by atoms with Crippen molar-refractivity contribution in [2.75, 3.05) is 6.54 Å². The van der Waals surface area contributed by atoms with Gasteiger partial charge in [0.15, 0.2) is 12.0 Å². The first-order valence-electron chi connectivity index (χ1n) is 6.90. The fourth-order valence-electron chi connectivity index (χ4n) is 2.90. The van der Waals surface area contributed by atoms with Gasteiger partial charge in [0, 0.05) is 17.5 Å². The number of nitrogens with two attached hydrogens (primary N) is 1.